The van der Waals surface area contributed by atoms with E-state index in [0.717, 1.165) is 26.3 Å². The van der Waals surface area contributed by atoms with Crippen LogP contribution in [-0.2, 0) is 32.6 Å². The molecule has 0 aromatic heterocycles. The molecule has 0 aliphatic carbocycles. The molecule has 0 bridgehead atoms. The number of anilines is 1. The van der Waals surface area contributed by atoms with Gasteiger partial charge in [-0.15, -0.1) is 0 Å². The Bertz CT molecular complexity index is 1630. The first kappa shape index (κ1) is 32.8. The van der Waals surface area contributed by atoms with Crippen molar-refractivity contribution in [2.45, 2.75) is 37.2 Å². The zero-order valence-corrected chi connectivity index (χ0v) is 27.1. The second kappa shape index (κ2) is 15.5. The number of hydrogen-bond acceptors (Lipinski definition) is 5. The lowest BCUT2D eigenvalue weighted by Gasteiger charge is -2.34. The number of nitrogens with one attached hydrogen (secondary N) is 1. The van der Waals surface area contributed by atoms with Gasteiger partial charge in [0.05, 0.1) is 17.7 Å². The summed E-state index contributed by atoms with van der Waals surface area (Å²) in [6.45, 7) is 1.99. The molecule has 8 nitrogen and oxygen atoms in total. The Morgan fingerprint density at radius 2 is 1.50 bits per heavy atom. The van der Waals surface area contributed by atoms with Gasteiger partial charge in [-0.2, -0.15) is 0 Å². The first-order chi connectivity index (χ1) is 21.2. The van der Waals surface area contributed by atoms with Gasteiger partial charge in [0.1, 0.15) is 18.3 Å². The maximum atomic E-state index is 14.4. The number of ether oxygens (including phenoxy) is 1. The molecule has 0 fully saturated rings. The Morgan fingerprint density at radius 3 is 2.11 bits per heavy atom. The molecule has 0 spiro atoms. The number of para-hydroxylation sites is 1. The maximum Gasteiger partial charge on any atom is 0.264 e. The van der Waals surface area contributed by atoms with Gasteiger partial charge in [0.25, 0.3) is 10.0 Å². The van der Waals surface area contributed by atoms with Gasteiger partial charge < -0.3 is 15.0 Å². The lowest BCUT2D eigenvalue weighted by molar-refractivity contribution is -0.140. The van der Waals surface area contributed by atoms with E-state index < -0.39 is 28.5 Å². The number of hydrogen-bond donors (Lipinski definition) is 1. The second-order valence-electron chi connectivity index (χ2n) is 10.2. The van der Waals surface area contributed by atoms with E-state index in [1.54, 1.807) is 42.5 Å². The van der Waals surface area contributed by atoms with E-state index in [4.69, 9.17) is 4.74 Å². The highest BCUT2D eigenvalue weighted by Gasteiger charge is 2.34. The molecule has 10 heteroatoms. The van der Waals surface area contributed by atoms with Gasteiger partial charge in [-0.3, -0.25) is 13.9 Å². The van der Waals surface area contributed by atoms with Gasteiger partial charge in [-0.05, 0) is 66.1 Å². The third-order valence-electron chi connectivity index (χ3n) is 7.03. The molecule has 230 valence electrons. The highest BCUT2D eigenvalue weighted by atomic mass is 79.9. The quantitative estimate of drug-likeness (QED) is 0.182. The molecule has 4 aromatic rings. The monoisotopic (exact) mass is 677 g/mol. The number of rotatable bonds is 14. The van der Waals surface area contributed by atoms with Crippen LogP contribution in [0.1, 0.15) is 24.5 Å². The Balaban J connectivity index is 1.77. The molecule has 0 unspecified atom stereocenters. The summed E-state index contributed by atoms with van der Waals surface area (Å²) in [7, 11) is -2.68. The number of nitrogens with zero attached hydrogens (tertiary/aromatic N) is 2. The van der Waals surface area contributed by atoms with E-state index in [0.29, 0.717) is 18.0 Å². The van der Waals surface area contributed by atoms with Gasteiger partial charge in [-0.25, -0.2) is 8.42 Å². The summed E-state index contributed by atoms with van der Waals surface area (Å²) in [4.78, 5) is 29.6. The van der Waals surface area contributed by atoms with E-state index in [1.165, 1.54) is 24.1 Å². The first-order valence-electron chi connectivity index (χ1n) is 14.3. The lowest BCUT2D eigenvalue weighted by atomic mass is 10.0. The first-order valence-corrected chi connectivity index (χ1v) is 16.5. The molecule has 4 aromatic carbocycles. The molecule has 2 amide bonds. The fourth-order valence-corrected chi connectivity index (χ4v) is 6.61. The topological polar surface area (TPSA) is 96.0 Å². The van der Waals surface area contributed by atoms with Crippen molar-refractivity contribution >= 4 is 43.5 Å². The highest BCUT2D eigenvalue weighted by molar-refractivity contribution is 9.10. The van der Waals surface area contributed by atoms with Crippen LogP contribution in [0.4, 0.5) is 5.69 Å². The standard InChI is InChI=1S/C34H36BrN3O5S/c1-3-21-36-34(40)32(23-26-11-6-4-7-12-26)37(24-27-13-10-14-28(35)22-27)33(39)25-38(29-15-8-5-9-16-29)44(41,42)31-19-17-30(43-2)18-20-31/h4-20,22,32H,3,21,23-25H2,1-2H3,(H,36,40)/t32-/m1/s1. The van der Waals surface area contributed by atoms with Gasteiger partial charge in [-0.1, -0.05) is 83.5 Å². The lowest BCUT2D eigenvalue weighted by Crippen LogP contribution is -2.53. The smallest absolute Gasteiger partial charge is 0.264 e. The summed E-state index contributed by atoms with van der Waals surface area (Å²) in [5.41, 5.74) is 1.99. The SMILES string of the molecule is CCCNC(=O)[C@@H](Cc1ccccc1)N(Cc1cccc(Br)c1)C(=O)CN(c1ccccc1)S(=O)(=O)c1ccc(OC)cc1. The number of benzene rings is 4. The van der Waals surface area contributed by atoms with Crippen LogP contribution in [0.3, 0.4) is 0 Å². The number of carbonyl (C=O) groups is 2. The van der Waals surface area contributed by atoms with Crippen molar-refractivity contribution in [1.82, 2.24) is 10.2 Å². The molecular formula is C34H36BrN3O5S. The minimum atomic E-state index is -4.18. The molecule has 1 atom stereocenters. The summed E-state index contributed by atoms with van der Waals surface area (Å²) in [6, 6.07) is 30.6. The third-order valence-corrected chi connectivity index (χ3v) is 9.31. The molecule has 0 radical (unpaired) electrons. The molecule has 0 aliphatic rings. The minimum Gasteiger partial charge on any atom is -0.497 e. The molecule has 4 rings (SSSR count). The fourth-order valence-electron chi connectivity index (χ4n) is 4.75. The third kappa shape index (κ3) is 8.48. The van der Waals surface area contributed by atoms with Crippen LogP contribution in [0.5, 0.6) is 5.75 Å². The predicted molar refractivity (Wildman–Crippen MR) is 176 cm³/mol. The van der Waals surface area contributed by atoms with Crippen molar-refractivity contribution in [3.05, 3.63) is 125 Å². The van der Waals surface area contributed by atoms with Crippen LogP contribution in [0, 0.1) is 0 Å². The van der Waals surface area contributed by atoms with Crippen molar-refractivity contribution in [1.29, 1.82) is 0 Å². The second-order valence-corrected chi connectivity index (χ2v) is 12.9. The largest absolute Gasteiger partial charge is 0.497 e. The number of sulfonamides is 1. The summed E-state index contributed by atoms with van der Waals surface area (Å²) in [6.07, 6.45) is 0.984. The van der Waals surface area contributed by atoms with Gasteiger partial charge in [0.2, 0.25) is 11.8 Å². The molecule has 44 heavy (non-hydrogen) atoms. The fraction of sp³-hybridized carbons (Fsp3) is 0.235. The Hall–Kier alpha value is -4.15. The van der Waals surface area contributed by atoms with Crippen LogP contribution < -0.4 is 14.4 Å². The summed E-state index contributed by atoms with van der Waals surface area (Å²) in [5, 5.41) is 2.95. The van der Waals surface area contributed by atoms with Crippen LogP contribution in [0.15, 0.2) is 119 Å². The molecular weight excluding hydrogens is 642 g/mol. The summed E-state index contributed by atoms with van der Waals surface area (Å²) >= 11 is 3.50. The summed E-state index contributed by atoms with van der Waals surface area (Å²) in [5.74, 6) is -0.310. The Morgan fingerprint density at radius 1 is 0.864 bits per heavy atom. The van der Waals surface area contributed by atoms with Crippen molar-refractivity contribution < 1.29 is 22.7 Å². The zero-order valence-electron chi connectivity index (χ0n) is 24.7. The van der Waals surface area contributed by atoms with E-state index in [1.807, 2.05) is 61.5 Å². The Kier molecular flexibility index (Phi) is 11.6. The summed E-state index contributed by atoms with van der Waals surface area (Å²) < 4.78 is 35.2. The number of methoxy groups -OCH3 is 1. The predicted octanol–water partition coefficient (Wildman–Crippen LogP) is 5.82. The van der Waals surface area contributed by atoms with Gasteiger partial charge >= 0.3 is 0 Å². The average molecular weight is 679 g/mol. The minimum absolute atomic E-state index is 0.00928. The van der Waals surface area contributed by atoms with Crippen LogP contribution in [0.2, 0.25) is 0 Å². The van der Waals surface area contributed by atoms with Crippen molar-refractivity contribution in [2.24, 2.45) is 0 Å². The van der Waals surface area contributed by atoms with Crippen molar-refractivity contribution in [2.75, 3.05) is 24.5 Å². The van der Waals surface area contributed by atoms with Crippen LogP contribution in [0.25, 0.3) is 0 Å². The number of halogens is 1. The molecule has 0 aliphatic heterocycles. The van der Waals surface area contributed by atoms with Gasteiger partial charge in [0.15, 0.2) is 0 Å². The maximum absolute atomic E-state index is 14.4. The van der Waals surface area contributed by atoms with E-state index >= 15 is 0 Å². The van der Waals surface area contributed by atoms with Crippen molar-refractivity contribution in [3.8, 4) is 5.75 Å². The highest BCUT2D eigenvalue weighted by Crippen LogP contribution is 2.26. The van der Waals surface area contributed by atoms with Crippen molar-refractivity contribution in [3.63, 3.8) is 0 Å². The van der Waals surface area contributed by atoms with E-state index in [9.17, 15) is 18.0 Å². The van der Waals surface area contributed by atoms with Crippen LogP contribution >= 0.6 is 15.9 Å². The average Bonchev–Trinajstić information content (AvgIpc) is 3.04. The molecule has 0 heterocycles. The normalized spacial score (nSPS) is 11.8. The zero-order chi connectivity index (χ0) is 31.5. The van der Waals surface area contributed by atoms with Crippen LogP contribution in [-0.4, -0.2) is 51.4 Å². The molecule has 0 saturated carbocycles. The van der Waals surface area contributed by atoms with Gasteiger partial charge in [0, 0.05) is 24.0 Å². The van der Waals surface area contributed by atoms with E-state index in [-0.39, 0.29) is 23.8 Å². The molecule has 0 saturated heterocycles. The Labute approximate surface area is 267 Å². The molecule has 1 N–H and O–H groups in total. The number of carbonyl (C=O) groups excluding carboxylic acids is 2. The number of amides is 2. The van der Waals surface area contributed by atoms with E-state index in [2.05, 4.69) is 21.2 Å².